The summed E-state index contributed by atoms with van der Waals surface area (Å²) in [5.74, 6) is 1.79. The van der Waals surface area contributed by atoms with E-state index in [1.165, 1.54) is 12.8 Å². The lowest BCUT2D eigenvalue weighted by atomic mass is 9.94. The molecule has 1 fully saturated rings. The van der Waals surface area contributed by atoms with Gasteiger partial charge in [-0.2, -0.15) is 0 Å². The lowest BCUT2D eigenvalue weighted by molar-refractivity contribution is 0.0949. The number of fused-ring (bicyclic) bond motifs is 6. The number of allylic oxidation sites excluding steroid dienone is 4. The highest BCUT2D eigenvalue weighted by Gasteiger charge is 2.16. The van der Waals surface area contributed by atoms with Gasteiger partial charge in [-0.1, -0.05) is 25.2 Å². The van der Waals surface area contributed by atoms with Crippen LogP contribution in [0.25, 0.3) is 11.6 Å². The number of carbonyl (C=O) groups is 1. The van der Waals surface area contributed by atoms with E-state index in [1.807, 2.05) is 30.3 Å². The SMILES string of the molecule is CC1C=C2C=C(C1)OCC/C=C\c1cc(cc(C(=O)NCCN3CCCC3)c1)Nc1nccc2n1. The molecule has 2 aliphatic heterocycles. The molecular formula is C28H33N5O2. The maximum absolute atomic E-state index is 13.0. The fourth-order valence-corrected chi connectivity index (χ4v) is 4.80. The van der Waals surface area contributed by atoms with Gasteiger partial charge in [0.1, 0.15) is 0 Å². The molecule has 2 N–H and O–H groups in total. The van der Waals surface area contributed by atoms with Gasteiger partial charge >= 0.3 is 0 Å². The molecule has 7 nitrogen and oxygen atoms in total. The largest absolute Gasteiger partial charge is 0.498 e. The summed E-state index contributed by atoms with van der Waals surface area (Å²) in [6, 6.07) is 7.71. The molecule has 1 atom stereocenters. The second-order valence-corrected chi connectivity index (χ2v) is 9.49. The van der Waals surface area contributed by atoms with Gasteiger partial charge in [-0.15, -0.1) is 0 Å². The van der Waals surface area contributed by atoms with E-state index in [0.717, 1.165) is 60.8 Å². The standard InChI is InChI=1S/C28H33N5O2/c1-20-14-22-19-25(15-20)35-13-5-2-6-21-16-23(27(34)29-9-12-33-10-3-4-11-33)18-24(17-21)31-28-30-8-7-26(22)32-28/h2,6-8,14,16-20H,3-5,9-13,15H2,1H3,(H,29,34)(H,30,31,32)/b6-2-. The molecule has 2 aromatic rings. The Labute approximate surface area is 207 Å². The summed E-state index contributed by atoms with van der Waals surface area (Å²) in [5.41, 5.74) is 4.23. The second-order valence-electron chi connectivity index (χ2n) is 9.49. The van der Waals surface area contributed by atoms with E-state index in [1.54, 1.807) is 6.20 Å². The van der Waals surface area contributed by atoms with Crippen LogP contribution in [0.15, 0.2) is 54.4 Å². The Bertz CT molecular complexity index is 1160. The van der Waals surface area contributed by atoms with Crippen molar-refractivity contribution in [2.24, 2.45) is 5.92 Å². The quantitative estimate of drug-likeness (QED) is 0.668. The number of rotatable bonds is 4. The average molecular weight is 472 g/mol. The van der Waals surface area contributed by atoms with Crippen LogP contribution >= 0.6 is 0 Å². The van der Waals surface area contributed by atoms with E-state index >= 15 is 0 Å². The van der Waals surface area contributed by atoms with Crippen LogP contribution in [0.3, 0.4) is 0 Å². The summed E-state index contributed by atoms with van der Waals surface area (Å²) in [6.07, 6.45) is 14.4. The Morgan fingerprint density at radius 2 is 2.14 bits per heavy atom. The summed E-state index contributed by atoms with van der Waals surface area (Å²) >= 11 is 0. The topological polar surface area (TPSA) is 79.4 Å². The van der Waals surface area contributed by atoms with Crippen molar-refractivity contribution >= 4 is 29.2 Å². The molecule has 5 rings (SSSR count). The number of ether oxygens (including phenoxy) is 1. The van der Waals surface area contributed by atoms with Gasteiger partial charge < -0.3 is 20.3 Å². The van der Waals surface area contributed by atoms with E-state index < -0.39 is 0 Å². The molecule has 1 aromatic heterocycles. The van der Waals surface area contributed by atoms with Crippen LogP contribution in [0.1, 0.15) is 54.2 Å². The van der Waals surface area contributed by atoms with E-state index in [9.17, 15) is 4.79 Å². The summed E-state index contributed by atoms with van der Waals surface area (Å²) in [4.78, 5) is 24.5. The minimum atomic E-state index is -0.0719. The number of benzene rings is 1. The maximum Gasteiger partial charge on any atom is 0.251 e. The maximum atomic E-state index is 13.0. The molecule has 3 aliphatic rings. The highest BCUT2D eigenvalue weighted by atomic mass is 16.5. The van der Waals surface area contributed by atoms with Crippen molar-refractivity contribution in [2.75, 3.05) is 38.1 Å². The highest BCUT2D eigenvalue weighted by molar-refractivity contribution is 5.96. The molecule has 1 amide bonds. The minimum absolute atomic E-state index is 0.0719. The van der Waals surface area contributed by atoms with Gasteiger partial charge in [0.25, 0.3) is 5.91 Å². The Kier molecular flexibility index (Phi) is 7.23. The molecule has 3 heterocycles. The highest BCUT2D eigenvalue weighted by Crippen LogP contribution is 2.29. The minimum Gasteiger partial charge on any atom is -0.498 e. The average Bonchev–Trinajstić information content (AvgIpc) is 3.36. The van der Waals surface area contributed by atoms with Crippen molar-refractivity contribution in [1.82, 2.24) is 20.2 Å². The molecule has 0 saturated carbocycles. The van der Waals surface area contributed by atoms with Crippen molar-refractivity contribution in [1.29, 1.82) is 0 Å². The Hall–Kier alpha value is -3.45. The van der Waals surface area contributed by atoms with Crippen LogP contribution < -0.4 is 10.6 Å². The van der Waals surface area contributed by atoms with Gasteiger partial charge in [-0.25, -0.2) is 9.97 Å². The molecule has 1 saturated heterocycles. The van der Waals surface area contributed by atoms with Crippen LogP contribution in [0.4, 0.5) is 11.6 Å². The van der Waals surface area contributed by atoms with Crippen LogP contribution in [0.2, 0.25) is 0 Å². The van der Waals surface area contributed by atoms with E-state index in [0.29, 0.717) is 30.6 Å². The van der Waals surface area contributed by atoms with E-state index in [4.69, 9.17) is 9.72 Å². The van der Waals surface area contributed by atoms with Crippen molar-refractivity contribution < 1.29 is 9.53 Å². The Morgan fingerprint density at radius 1 is 1.26 bits per heavy atom. The zero-order valence-corrected chi connectivity index (χ0v) is 20.3. The van der Waals surface area contributed by atoms with Gasteiger partial charge in [0.05, 0.1) is 18.1 Å². The third kappa shape index (κ3) is 6.17. The Morgan fingerprint density at radius 3 is 3.03 bits per heavy atom. The number of nitrogens with zero attached hydrogens (tertiary/aromatic N) is 3. The number of amides is 1. The second kappa shape index (κ2) is 10.9. The van der Waals surface area contributed by atoms with Crippen LogP contribution in [-0.4, -0.2) is 53.6 Å². The van der Waals surface area contributed by atoms with Crippen molar-refractivity contribution in [3.8, 4) is 0 Å². The lowest BCUT2D eigenvalue weighted by Gasteiger charge is -2.19. The normalized spacial score (nSPS) is 20.9. The first kappa shape index (κ1) is 23.3. The van der Waals surface area contributed by atoms with E-state index in [-0.39, 0.29) is 5.91 Å². The smallest absolute Gasteiger partial charge is 0.251 e. The Balaban J connectivity index is 1.40. The lowest BCUT2D eigenvalue weighted by Crippen LogP contribution is -2.33. The van der Waals surface area contributed by atoms with Crippen molar-refractivity contribution in [3.63, 3.8) is 0 Å². The molecule has 182 valence electrons. The van der Waals surface area contributed by atoms with Gasteiger partial charge in [-0.3, -0.25) is 4.79 Å². The van der Waals surface area contributed by atoms with Gasteiger partial charge in [0.2, 0.25) is 5.95 Å². The monoisotopic (exact) mass is 471 g/mol. The van der Waals surface area contributed by atoms with Crippen molar-refractivity contribution in [2.45, 2.75) is 32.6 Å². The predicted octanol–water partition coefficient (Wildman–Crippen LogP) is 4.79. The zero-order valence-electron chi connectivity index (χ0n) is 20.3. The first-order chi connectivity index (χ1) is 17.1. The number of carbonyl (C=O) groups excluding carboxylic acids is 1. The van der Waals surface area contributed by atoms with Gasteiger partial charge in [0, 0.05) is 37.0 Å². The molecule has 1 unspecified atom stereocenters. The summed E-state index contributed by atoms with van der Waals surface area (Å²) in [7, 11) is 0. The number of nitrogens with one attached hydrogen (secondary N) is 2. The number of aromatic nitrogens is 2. The summed E-state index contributed by atoms with van der Waals surface area (Å²) in [6.45, 7) is 6.58. The molecule has 6 bridgehead atoms. The van der Waals surface area contributed by atoms with Crippen LogP contribution in [0, 0.1) is 5.92 Å². The summed E-state index contributed by atoms with van der Waals surface area (Å²) < 4.78 is 6.08. The van der Waals surface area contributed by atoms with Gasteiger partial charge in [-0.05, 0) is 79.7 Å². The van der Waals surface area contributed by atoms with Crippen molar-refractivity contribution in [3.05, 3.63) is 71.3 Å². The zero-order chi connectivity index (χ0) is 24.0. The van der Waals surface area contributed by atoms with E-state index in [2.05, 4.69) is 45.7 Å². The number of likely N-dealkylation sites (tertiary alicyclic amines) is 1. The fraction of sp³-hybridized carbons (Fsp3) is 0.393. The molecule has 0 radical (unpaired) electrons. The number of hydrogen-bond donors (Lipinski definition) is 2. The molecule has 1 aromatic carbocycles. The van der Waals surface area contributed by atoms with Crippen LogP contribution in [0.5, 0.6) is 0 Å². The predicted molar refractivity (Wildman–Crippen MR) is 139 cm³/mol. The molecule has 7 heteroatoms. The third-order valence-corrected chi connectivity index (χ3v) is 6.52. The fourth-order valence-electron chi connectivity index (χ4n) is 4.80. The molecule has 0 spiro atoms. The van der Waals surface area contributed by atoms with Gasteiger partial charge in [0.15, 0.2) is 0 Å². The number of hydrogen-bond acceptors (Lipinski definition) is 6. The molecule has 35 heavy (non-hydrogen) atoms. The van der Waals surface area contributed by atoms with Crippen LogP contribution in [-0.2, 0) is 4.74 Å². The first-order valence-electron chi connectivity index (χ1n) is 12.6. The third-order valence-electron chi connectivity index (χ3n) is 6.52. The molecular weight excluding hydrogens is 438 g/mol. The first-order valence-corrected chi connectivity index (χ1v) is 12.6. The number of anilines is 2. The molecule has 1 aliphatic carbocycles. The summed E-state index contributed by atoms with van der Waals surface area (Å²) in [5, 5.41) is 6.39.